The Morgan fingerprint density at radius 1 is 1.33 bits per heavy atom. The van der Waals surface area contributed by atoms with E-state index in [2.05, 4.69) is 10.3 Å². The van der Waals surface area contributed by atoms with Crippen molar-refractivity contribution >= 4 is 17.2 Å². The second kappa shape index (κ2) is 5.44. The van der Waals surface area contributed by atoms with E-state index < -0.39 is 5.82 Å². The molecule has 0 saturated carbocycles. The Hall–Kier alpha value is -2.18. The van der Waals surface area contributed by atoms with E-state index in [-0.39, 0.29) is 5.75 Å². The summed E-state index contributed by atoms with van der Waals surface area (Å²) >= 11 is 0. The van der Waals surface area contributed by atoms with Crippen LogP contribution < -0.4 is 15.5 Å². The highest BCUT2D eigenvalue weighted by Gasteiger charge is 2.04. The van der Waals surface area contributed by atoms with Crippen LogP contribution in [0.3, 0.4) is 0 Å². The van der Waals surface area contributed by atoms with Crippen molar-refractivity contribution in [1.82, 2.24) is 4.98 Å². The Morgan fingerprint density at radius 3 is 2.83 bits per heavy atom. The topological polar surface area (TPSA) is 73.8 Å². The van der Waals surface area contributed by atoms with E-state index in [9.17, 15) is 9.60 Å². The van der Waals surface area contributed by atoms with E-state index in [0.29, 0.717) is 17.2 Å². The molecule has 0 unspecified atom stereocenters. The molecule has 0 aliphatic rings. The number of ether oxygens (including phenoxy) is 1. The predicted molar refractivity (Wildman–Crippen MR) is 65.4 cm³/mol. The van der Waals surface area contributed by atoms with Gasteiger partial charge in [-0.25, -0.2) is 9.37 Å². The van der Waals surface area contributed by atoms with Crippen LogP contribution >= 0.6 is 0 Å². The fourth-order valence-corrected chi connectivity index (χ4v) is 1.48. The van der Waals surface area contributed by atoms with Crippen molar-refractivity contribution < 1.29 is 14.6 Å². The third-order valence-corrected chi connectivity index (χ3v) is 2.34. The molecule has 2 rings (SSSR count). The van der Waals surface area contributed by atoms with Crippen molar-refractivity contribution in [2.24, 2.45) is 0 Å². The number of anilines is 2. The second-order valence-corrected chi connectivity index (χ2v) is 3.57. The number of hydrogen-bond acceptors (Lipinski definition) is 4. The zero-order valence-corrected chi connectivity index (χ0v) is 9.68. The number of rotatable bonds is 4. The van der Waals surface area contributed by atoms with Gasteiger partial charge < -0.3 is 20.7 Å². The molecular formula is C12H12FN3O2. The number of hydrogen-bond donors (Lipinski definition) is 2. The molecule has 0 aliphatic carbocycles. The number of nitrogens with zero attached hydrogens (tertiary/aromatic N) is 1. The Balaban J connectivity index is 2.20. The molecule has 0 fully saturated rings. The second-order valence-electron chi connectivity index (χ2n) is 3.57. The monoisotopic (exact) mass is 249 g/mol. The smallest absolute Gasteiger partial charge is 0.167 e. The summed E-state index contributed by atoms with van der Waals surface area (Å²) in [6, 6.07) is 7.65. The minimum absolute atomic E-state index is 0.176. The molecule has 0 bridgehead atoms. The summed E-state index contributed by atoms with van der Waals surface area (Å²) in [7, 11) is 1.40. The molecular weight excluding hydrogens is 237 g/mol. The van der Waals surface area contributed by atoms with E-state index in [1.165, 1.54) is 25.4 Å². The summed E-state index contributed by atoms with van der Waals surface area (Å²) in [6.45, 7) is 0. The van der Waals surface area contributed by atoms with Gasteiger partial charge in [0.2, 0.25) is 0 Å². The molecule has 0 atom stereocenters. The van der Waals surface area contributed by atoms with Crippen molar-refractivity contribution in [3.05, 3.63) is 47.6 Å². The van der Waals surface area contributed by atoms with Gasteiger partial charge in [-0.05, 0) is 12.1 Å². The molecule has 1 aromatic heterocycles. The molecule has 2 aromatic rings. The Bertz CT molecular complexity index is 549. The first kappa shape index (κ1) is 12.3. The third-order valence-electron chi connectivity index (χ3n) is 2.34. The summed E-state index contributed by atoms with van der Waals surface area (Å²) in [5.41, 5.74) is 1.76. The zero-order chi connectivity index (χ0) is 13.0. The SMILES string of the molecule is COc1ccc(Nc2cc([NH2+][O-])ccn2)cc1F. The molecule has 5 nitrogen and oxygen atoms in total. The lowest BCUT2D eigenvalue weighted by Crippen LogP contribution is -2.70. The predicted octanol–water partition coefficient (Wildman–Crippen LogP) is 1.67. The van der Waals surface area contributed by atoms with Gasteiger partial charge in [-0.3, -0.25) is 0 Å². The lowest BCUT2D eigenvalue weighted by molar-refractivity contribution is -0.497. The molecule has 94 valence electrons. The maximum Gasteiger partial charge on any atom is 0.167 e. The van der Waals surface area contributed by atoms with E-state index in [0.717, 1.165) is 5.48 Å². The van der Waals surface area contributed by atoms with Gasteiger partial charge in [-0.1, -0.05) is 0 Å². The van der Waals surface area contributed by atoms with Crippen molar-refractivity contribution in [3.8, 4) is 5.75 Å². The van der Waals surface area contributed by atoms with Gasteiger partial charge in [0.15, 0.2) is 11.6 Å². The van der Waals surface area contributed by atoms with E-state index in [1.54, 1.807) is 18.2 Å². The fourth-order valence-electron chi connectivity index (χ4n) is 1.48. The summed E-state index contributed by atoms with van der Waals surface area (Å²) in [5, 5.41) is 13.5. The van der Waals surface area contributed by atoms with Crippen LogP contribution in [0.5, 0.6) is 5.75 Å². The van der Waals surface area contributed by atoms with Crippen LogP contribution in [-0.2, 0) is 0 Å². The third kappa shape index (κ3) is 2.73. The van der Waals surface area contributed by atoms with Gasteiger partial charge >= 0.3 is 0 Å². The number of methoxy groups -OCH3 is 1. The van der Waals surface area contributed by atoms with Crippen molar-refractivity contribution in [2.75, 3.05) is 12.4 Å². The number of benzene rings is 1. The number of aromatic nitrogens is 1. The van der Waals surface area contributed by atoms with Crippen molar-refractivity contribution in [3.63, 3.8) is 0 Å². The number of nitrogens with two attached hydrogens (primary N) is 1. The molecule has 0 amide bonds. The maximum absolute atomic E-state index is 13.5. The first-order chi connectivity index (χ1) is 8.72. The van der Waals surface area contributed by atoms with Crippen LogP contribution in [0.2, 0.25) is 0 Å². The van der Waals surface area contributed by atoms with Crippen molar-refractivity contribution in [1.29, 1.82) is 0 Å². The first-order valence-corrected chi connectivity index (χ1v) is 5.24. The van der Waals surface area contributed by atoms with Gasteiger partial charge in [0.05, 0.1) is 7.11 Å². The quantitative estimate of drug-likeness (QED) is 0.808. The summed E-state index contributed by atoms with van der Waals surface area (Å²) in [5.74, 6) is 0.188. The standard InChI is InChI=1S/C12H12FN3O2/c1-18-11-3-2-8(6-10(11)13)15-12-7-9(16-17)4-5-14-12/h2-7H,16H2,1H3,(H,14,15). The minimum atomic E-state index is -0.464. The average molecular weight is 249 g/mol. The van der Waals surface area contributed by atoms with Crippen LogP contribution in [0, 0.1) is 11.0 Å². The average Bonchev–Trinajstić information content (AvgIpc) is 2.39. The van der Waals surface area contributed by atoms with Gasteiger partial charge in [0.1, 0.15) is 11.5 Å². The number of quaternary nitrogens is 1. The first-order valence-electron chi connectivity index (χ1n) is 5.24. The summed E-state index contributed by atoms with van der Waals surface area (Å²) in [6.07, 6.45) is 1.51. The van der Waals surface area contributed by atoms with Crippen LogP contribution in [0.15, 0.2) is 36.5 Å². The van der Waals surface area contributed by atoms with E-state index in [1.807, 2.05) is 0 Å². The Morgan fingerprint density at radius 2 is 2.17 bits per heavy atom. The van der Waals surface area contributed by atoms with E-state index in [4.69, 9.17) is 4.74 Å². The highest BCUT2D eigenvalue weighted by Crippen LogP contribution is 2.23. The van der Waals surface area contributed by atoms with Crippen LogP contribution in [-0.4, -0.2) is 12.1 Å². The molecule has 3 N–H and O–H groups in total. The molecule has 0 radical (unpaired) electrons. The molecule has 1 heterocycles. The Kier molecular flexibility index (Phi) is 3.71. The zero-order valence-electron chi connectivity index (χ0n) is 9.68. The van der Waals surface area contributed by atoms with Crippen LogP contribution in [0.4, 0.5) is 21.6 Å². The lowest BCUT2D eigenvalue weighted by atomic mass is 10.3. The lowest BCUT2D eigenvalue weighted by Gasteiger charge is -2.08. The summed E-state index contributed by atoms with van der Waals surface area (Å²) in [4.78, 5) is 4.03. The Labute approximate surface area is 103 Å². The number of pyridine rings is 1. The van der Waals surface area contributed by atoms with Gasteiger partial charge in [-0.15, -0.1) is 0 Å². The molecule has 0 spiro atoms. The largest absolute Gasteiger partial charge is 0.630 e. The highest BCUT2D eigenvalue weighted by atomic mass is 19.1. The van der Waals surface area contributed by atoms with Gasteiger partial charge in [0, 0.05) is 30.1 Å². The number of halogens is 1. The van der Waals surface area contributed by atoms with Crippen LogP contribution in [0.1, 0.15) is 0 Å². The molecule has 6 heteroatoms. The highest BCUT2D eigenvalue weighted by molar-refractivity contribution is 5.59. The fraction of sp³-hybridized carbons (Fsp3) is 0.0833. The minimum Gasteiger partial charge on any atom is -0.630 e. The normalized spacial score (nSPS) is 10.2. The van der Waals surface area contributed by atoms with Crippen LogP contribution in [0.25, 0.3) is 0 Å². The molecule has 18 heavy (non-hydrogen) atoms. The van der Waals surface area contributed by atoms with Crippen molar-refractivity contribution in [2.45, 2.75) is 0 Å². The van der Waals surface area contributed by atoms with Gasteiger partial charge in [-0.2, -0.15) is 0 Å². The molecule has 0 saturated heterocycles. The summed E-state index contributed by atoms with van der Waals surface area (Å²) < 4.78 is 18.3. The van der Waals surface area contributed by atoms with E-state index >= 15 is 0 Å². The maximum atomic E-state index is 13.5. The number of nitrogens with one attached hydrogen (secondary N) is 1. The molecule has 0 aliphatic heterocycles. The van der Waals surface area contributed by atoms with Gasteiger partial charge in [0.25, 0.3) is 0 Å². The molecule has 1 aromatic carbocycles.